The Morgan fingerprint density at radius 2 is 1.47 bits per heavy atom. The average molecular weight is 459 g/mol. The van der Waals surface area contributed by atoms with Crippen LogP contribution in [0, 0.1) is 5.92 Å². The molecule has 172 valence electrons. The number of nitrogens with one attached hydrogen (secondary N) is 2. The van der Waals surface area contributed by atoms with Crippen LogP contribution in [0.15, 0.2) is 60.7 Å². The maximum Gasteiger partial charge on any atom is 0.319 e. The van der Waals surface area contributed by atoms with Gasteiger partial charge in [-0.15, -0.1) is 0 Å². The third-order valence-electron chi connectivity index (χ3n) is 5.39. The van der Waals surface area contributed by atoms with E-state index in [0.29, 0.717) is 5.69 Å². The molecule has 1 aliphatic heterocycles. The van der Waals surface area contributed by atoms with Crippen molar-refractivity contribution in [3.05, 3.63) is 66.2 Å². The topological polar surface area (TPSA) is 98.8 Å². The van der Waals surface area contributed by atoms with Gasteiger partial charge in [0.05, 0.1) is 5.75 Å². The number of hydrogen-bond donors (Lipinski definition) is 2. The molecule has 0 spiro atoms. The second-order valence-corrected chi connectivity index (χ2v) is 10.1. The van der Waals surface area contributed by atoms with E-state index in [1.54, 1.807) is 29.2 Å². The van der Waals surface area contributed by atoms with Crippen LogP contribution in [0.3, 0.4) is 0 Å². The smallest absolute Gasteiger partial charge is 0.319 e. The predicted octanol–water partition coefficient (Wildman–Crippen LogP) is 2.51. The van der Waals surface area contributed by atoms with E-state index in [-0.39, 0.29) is 43.8 Å². The van der Waals surface area contributed by atoms with Gasteiger partial charge in [0.15, 0.2) is 0 Å². The van der Waals surface area contributed by atoms with Gasteiger partial charge in [-0.05, 0) is 23.6 Å². The highest BCUT2D eigenvalue weighted by Gasteiger charge is 2.33. The molecule has 0 aliphatic carbocycles. The van der Waals surface area contributed by atoms with Gasteiger partial charge in [-0.25, -0.2) is 13.2 Å². The Morgan fingerprint density at radius 3 is 2.03 bits per heavy atom. The lowest BCUT2D eigenvalue weighted by atomic mass is 10.0. The SMILES string of the molecule is CC(C)C(NC(=O)Nc1ccccc1)C(=O)N1CCN(S(=O)(=O)Cc2ccccc2)CC1. The van der Waals surface area contributed by atoms with Crippen LogP contribution in [0.5, 0.6) is 0 Å². The zero-order valence-electron chi connectivity index (χ0n) is 18.4. The van der Waals surface area contributed by atoms with Crippen molar-refractivity contribution in [1.82, 2.24) is 14.5 Å². The normalized spacial score (nSPS) is 15.9. The minimum atomic E-state index is -3.46. The third kappa shape index (κ3) is 6.30. The van der Waals surface area contributed by atoms with Crippen molar-refractivity contribution < 1.29 is 18.0 Å². The molecule has 0 saturated carbocycles. The average Bonchev–Trinajstić information content (AvgIpc) is 2.78. The minimum absolute atomic E-state index is 0.0579. The molecular formula is C23H30N4O4S. The highest BCUT2D eigenvalue weighted by molar-refractivity contribution is 7.88. The molecule has 2 aromatic carbocycles. The van der Waals surface area contributed by atoms with Gasteiger partial charge >= 0.3 is 6.03 Å². The summed E-state index contributed by atoms with van der Waals surface area (Å²) in [6, 6.07) is 16.9. The summed E-state index contributed by atoms with van der Waals surface area (Å²) in [5, 5.41) is 5.49. The molecule has 1 atom stereocenters. The number of urea groups is 1. The molecule has 1 unspecified atom stereocenters. The molecule has 1 aliphatic rings. The number of carbonyl (C=O) groups is 2. The fraction of sp³-hybridized carbons (Fsp3) is 0.391. The summed E-state index contributed by atoms with van der Waals surface area (Å²) < 4.78 is 26.9. The Morgan fingerprint density at radius 1 is 0.906 bits per heavy atom. The van der Waals surface area contributed by atoms with E-state index in [9.17, 15) is 18.0 Å². The van der Waals surface area contributed by atoms with Gasteiger partial charge in [0.25, 0.3) is 0 Å². The van der Waals surface area contributed by atoms with Crippen LogP contribution < -0.4 is 10.6 Å². The summed E-state index contributed by atoms with van der Waals surface area (Å²) in [5.74, 6) is -0.385. The number of para-hydroxylation sites is 1. The highest BCUT2D eigenvalue weighted by atomic mass is 32.2. The number of hydrogen-bond acceptors (Lipinski definition) is 4. The summed E-state index contributed by atoms with van der Waals surface area (Å²) >= 11 is 0. The molecule has 0 aromatic heterocycles. The summed E-state index contributed by atoms with van der Waals surface area (Å²) in [6.45, 7) is 4.79. The molecule has 8 nitrogen and oxygen atoms in total. The zero-order valence-corrected chi connectivity index (χ0v) is 19.2. The maximum atomic E-state index is 13.1. The van der Waals surface area contributed by atoms with Crippen LogP contribution in [-0.4, -0.2) is 61.8 Å². The number of carbonyl (C=O) groups excluding carboxylic acids is 2. The second kappa shape index (κ2) is 10.6. The van der Waals surface area contributed by atoms with Crippen molar-refractivity contribution in [2.75, 3.05) is 31.5 Å². The number of nitrogens with zero attached hydrogens (tertiary/aromatic N) is 2. The molecule has 1 saturated heterocycles. The molecule has 2 aromatic rings. The highest BCUT2D eigenvalue weighted by Crippen LogP contribution is 2.16. The number of sulfonamides is 1. The first-order chi connectivity index (χ1) is 15.3. The molecule has 9 heteroatoms. The van der Waals surface area contributed by atoms with Gasteiger partial charge < -0.3 is 15.5 Å². The first-order valence-corrected chi connectivity index (χ1v) is 12.3. The van der Waals surface area contributed by atoms with E-state index in [2.05, 4.69) is 10.6 Å². The van der Waals surface area contributed by atoms with Gasteiger partial charge in [-0.1, -0.05) is 62.4 Å². The summed E-state index contributed by atoms with van der Waals surface area (Å²) in [4.78, 5) is 27.1. The fourth-order valence-electron chi connectivity index (χ4n) is 3.60. The van der Waals surface area contributed by atoms with E-state index < -0.39 is 22.1 Å². The molecule has 3 rings (SSSR count). The first kappa shape index (κ1) is 23.7. The van der Waals surface area contributed by atoms with Crippen LogP contribution in [0.25, 0.3) is 0 Å². The van der Waals surface area contributed by atoms with Crippen molar-refractivity contribution in [1.29, 1.82) is 0 Å². The molecule has 2 N–H and O–H groups in total. The number of amides is 3. The van der Waals surface area contributed by atoms with Crippen molar-refractivity contribution in [3.63, 3.8) is 0 Å². The Bertz CT molecular complexity index is 1000. The monoisotopic (exact) mass is 458 g/mol. The number of anilines is 1. The van der Waals surface area contributed by atoms with Crippen LogP contribution in [-0.2, 0) is 20.6 Å². The minimum Gasteiger partial charge on any atom is -0.338 e. The molecule has 1 heterocycles. The third-order valence-corrected chi connectivity index (χ3v) is 7.24. The fourth-order valence-corrected chi connectivity index (χ4v) is 5.12. The molecular weight excluding hydrogens is 428 g/mol. The van der Waals surface area contributed by atoms with E-state index in [4.69, 9.17) is 0 Å². The van der Waals surface area contributed by atoms with Crippen molar-refractivity contribution in [3.8, 4) is 0 Å². The Balaban J connectivity index is 1.56. The van der Waals surface area contributed by atoms with Crippen molar-refractivity contribution in [2.45, 2.75) is 25.6 Å². The lowest BCUT2D eigenvalue weighted by Gasteiger charge is -2.36. The zero-order chi connectivity index (χ0) is 23.1. The van der Waals surface area contributed by atoms with Gasteiger partial charge in [0.1, 0.15) is 6.04 Å². The van der Waals surface area contributed by atoms with Crippen molar-refractivity contribution in [2.24, 2.45) is 5.92 Å². The van der Waals surface area contributed by atoms with Crippen molar-refractivity contribution >= 4 is 27.6 Å². The molecule has 3 amide bonds. The number of rotatable bonds is 7. The van der Waals surface area contributed by atoms with Gasteiger partial charge in [-0.2, -0.15) is 4.31 Å². The van der Waals surface area contributed by atoms with Crippen LogP contribution in [0.1, 0.15) is 19.4 Å². The Kier molecular flexibility index (Phi) is 7.87. The lowest BCUT2D eigenvalue weighted by Crippen LogP contribution is -2.57. The summed E-state index contributed by atoms with van der Waals surface area (Å²) in [5.41, 5.74) is 1.37. The maximum absolute atomic E-state index is 13.1. The standard InChI is InChI=1S/C23H30N4O4S/c1-18(2)21(25-23(29)24-20-11-7-4-8-12-20)22(28)26-13-15-27(16-14-26)32(30,31)17-19-9-5-3-6-10-19/h3-12,18,21H,13-17H2,1-2H3,(H2,24,25,29). The van der Waals surface area contributed by atoms with Crippen LogP contribution in [0.4, 0.5) is 10.5 Å². The van der Waals surface area contributed by atoms with E-state index in [1.807, 2.05) is 50.2 Å². The summed E-state index contributed by atoms with van der Waals surface area (Å²) in [6.07, 6.45) is 0. The van der Waals surface area contributed by atoms with Crippen LogP contribution in [0.2, 0.25) is 0 Å². The van der Waals surface area contributed by atoms with E-state index in [0.717, 1.165) is 5.56 Å². The number of benzene rings is 2. The summed E-state index contributed by atoms with van der Waals surface area (Å²) in [7, 11) is -3.46. The largest absolute Gasteiger partial charge is 0.338 e. The molecule has 0 radical (unpaired) electrons. The first-order valence-electron chi connectivity index (χ1n) is 10.7. The second-order valence-electron chi connectivity index (χ2n) is 8.15. The van der Waals surface area contributed by atoms with Gasteiger partial charge in [0, 0.05) is 31.9 Å². The molecule has 32 heavy (non-hydrogen) atoms. The molecule has 0 bridgehead atoms. The molecule has 1 fully saturated rings. The van der Waals surface area contributed by atoms with Gasteiger partial charge in [0.2, 0.25) is 15.9 Å². The predicted molar refractivity (Wildman–Crippen MR) is 124 cm³/mol. The lowest BCUT2D eigenvalue weighted by molar-refractivity contribution is -0.135. The number of piperazine rings is 1. The Hall–Kier alpha value is -2.91. The van der Waals surface area contributed by atoms with E-state index >= 15 is 0 Å². The van der Waals surface area contributed by atoms with Crippen LogP contribution >= 0.6 is 0 Å². The Labute approximate surface area is 189 Å². The van der Waals surface area contributed by atoms with E-state index in [1.165, 1.54) is 4.31 Å². The van der Waals surface area contributed by atoms with Gasteiger partial charge in [-0.3, -0.25) is 4.79 Å². The quantitative estimate of drug-likeness (QED) is 0.666.